The highest BCUT2D eigenvalue weighted by Gasteiger charge is 2.33. The minimum atomic E-state index is 0.0341. The molecule has 0 spiro atoms. The normalized spacial score (nSPS) is 18.0. The Hall–Kier alpha value is -2.63. The van der Waals surface area contributed by atoms with E-state index < -0.39 is 0 Å². The quantitative estimate of drug-likeness (QED) is 0.745. The van der Waals surface area contributed by atoms with Crippen LogP contribution in [0.4, 0.5) is 0 Å². The molecule has 4 rings (SSSR count). The second-order valence-corrected chi connectivity index (χ2v) is 5.93. The third-order valence-electron chi connectivity index (χ3n) is 4.52. The monoisotopic (exact) mass is 310 g/mol. The third kappa shape index (κ3) is 2.40. The maximum atomic E-state index is 12.6. The number of carbonyl (C=O) groups excluding carboxylic acids is 1. The van der Waals surface area contributed by atoms with Crippen LogP contribution in [0, 0.1) is 0 Å². The van der Waals surface area contributed by atoms with Gasteiger partial charge in [-0.3, -0.25) is 4.79 Å². The summed E-state index contributed by atoms with van der Waals surface area (Å²) in [5.41, 5.74) is 2.74. The largest absolute Gasteiger partial charge is 0.364 e. The Morgan fingerprint density at radius 3 is 3.00 bits per heavy atom. The Bertz CT molecular complexity index is 838. The highest BCUT2D eigenvalue weighted by molar-refractivity contribution is 5.80. The molecule has 1 aliphatic rings. The number of benzene rings is 1. The van der Waals surface area contributed by atoms with Gasteiger partial charge in [-0.1, -0.05) is 17.3 Å². The minimum absolute atomic E-state index is 0.0341. The van der Waals surface area contributed by atoms with Gasteiger partial charge in [0.05, 0.1) is 29.2 Å². The molecule has 2 aromatic heterocycles. The Kier molecular flexibility index (Phi) is 3.37. The first kappa shape index (κ1) is 14.0. The maximum absolute atomic E-state index is 12.6. The molecule has 6 nitrogen and oxygen atoms in total. The molecule has 1 aromatic carbocycles. The number of hydrogen-bond donors (Lipinski definition) is 0. The van der Waals surface area contributed by atoms with Crippen molar-refractivity contribution in [2.75, 3.05) is 6.54 Å². The molecule has 118 valence electrons. The minimum Gasteiger partial charge on any atom is -0.364 e. The second-order valence-electron chi connectivity index (χ2n) is 5.93. The number of imidazole rings is 1. The molecule has 0 N–H and O–H groups in total. The van der Waals surface area contributed by atoms with Gasteiger partial charge in [0.25, 0.3) is 0 Å². The summed E-state index contributed by atoms with van der Waals surface area (Å²) >= 11 is 0. The fourth-order valence-electron chi connectivity index (χ4n) is 3.38. The van der Waals surface area contributed by atoms with Gasteiger partial charge in [0.15, 0.2) is 0 Å². The van der Waals surface area contributed by atoms with Gasteiger partial charge >= 0.3 is 0 Å². The fourth-order valence-corrected chi connectivity index (χ4v) is 3.38. The summed E-state index contributed by atoms with van der Waals surface area (Å²) in [5, 5.41) is 3.83. The predicted octanol–water partition coefficient (Wildman–Crippen LogP) is 2.47. The van der Waals surface area contributed by atoms with E-state index in [4.69, 9.17) is 9.51 Å². The molecule has 3 heterocycles. The smallest absolute Gasteiger partial charge is 0.229 e. The molecular weight excluding hydrogens is 292 g/mol. The molecule has 1 saturated heterocycles. The van der Waals surface area contributed by atoms with Gasteiger partial charge in [-0.2, -0.15) is 0 Å². The number of rotatable bonds is 3. The molecule has 0 saturated carbocycles. The first-order chi connectivity index (χ1) is 11.2. The van der Waals surface area contributed by atoms with Crippen LogP contribution in [0.25, 0.3) is 11.0 Å². The van der Waals surface area contributed by atoms with E-state index in [2.05, 4.69) is 15.8 Å². The number of hydrogen-bond acceptors (Lipinski definition) is 4. The van der Waals surface area contributed by atoms with E-state index in [0.29, 0.717) is 5.69 Å². The average molecular weight is 310 g/mol. The van der Waals surface area contributed by atoms with E-state index in [9.17, 15) is 4.79 Å². The van der Waals surface area contributed by atoms with Gasteiger partial charge in [0.2, 0.25) is 5.91 Å². The van der Waals surface area contributed by atoms with Gasteiger partial charge in [-0.15, -0.1) is 0 Å². The summed E-state index contributed by atoms with van der Waals surface area (Å²) in [5.74, 6) is 1.03. The molecule has 0 aliphatic carbocycles. The Labute approximate surface area is 133 Å². The SMILES string of the molecule is Cn1c([C@@H]2CCCN2C(=O)Cc2ccon2)nc2ccccc21. The number of nitrogens with zero attached hydrogens (tertiary/aromatic N) is 4. The topological polar surface area (TPSA) is 64.2 Å². The van der Waals surface area contributed by atoms with Crippen molar-refractivity contribution in [2.45, 2.75) is 25.3 Å². The number of carbonyl (C=O) groups is 1. The lowest BCUT2D eigenvalue weighted by Gasteiger charge is -2.24. The van der Waals surface area contributed by atoms with E-state index >= 15 is 0 Å². The van der Waals surface area contributed by atoms with Gasteiger partial charge in [0.1, 0.15) is 12.1 Å². The standard InChI is InChI=1S/C17H18N4O2/c1-20-14-6-3-2-5-13(14)18-17(20)15-7-4-9-21(15)16(22)11-12-8-10-23-19-12/h2-3,5-6,8,10,15H,4,7,9,11H2,1H3/t15-/m0/s1. The van der Waals surface area contributed by atoms with E-state index in [-0.39, 0.29) is 18.4 Å². The Morgan fingerprint density at radius 1 is 1.35 bits per heavy atom. The summed E-state index contributed by atoms with van der Waals surface area (Å²) in [7, 11) is 2.02. The summed E-state index contributed by atoms with van der Waals surface area (Å²) in [6, 6.07) is 9.83. The molecule has 1 atom stereocenters. The van der Waals surface area contributed by atoms with Crippen molar-refractivity contribution in [3.63, 3.8) is 0 Å². The van der Waals surface area contributed by atoms with Gasteiger partial charge in [0, 0.05) is 19.7 Å². The van der Waals surface area contributed by atoms with Gasteiger partial charge in [-0.05, 0) is 25.0 Å². The number of fused-ring (bicyclic) bond motifs is 1. The van der Waals surface area contributed by atoms with Crippen LogP contribution in [0.5, 0.6) is 0 Å². The van der Waals surface area contributed by atoms with Crippen LogP contribution >= 0.6 is 0 Å². The zero-order chi connectivity index (χ0) is 15.8. The van der Waals surface area contributed by atoms with Crippen LogP contribution in [0.15, 0.2) is 41.1 Å². The fraction of sp³-hybridized carbons (Fsp3) is 0.353. The summed E-state index contributed by atoms with van der Waals surface area (Å²) in [6.07, 6.45) is 3.71. The lowest BCUT2D eigenvalue weighted by Crippen LogP contribution is -2.33. The number of aryl methyl sites for hydroxylation is 1. The molecule has 0 bridgehead atoms. The average Bonchev–Trinajstić information content (AvgIpc) is 3.27. The zero-order valence-corrected chi connectivity index (χ0v) is 13.0. The van der Waals surface area contributed by atoms with Crippen LogP contribution < -0.4 is 0 Å². The first-order valence-electron chi connectivity index (χ1n) is 7.84. The number of amides is 1. The van der Waals surface area contributed by atoms with Gasteiger partial charge < -0.3 is 14.0 Å². The van der Waals surface area contributed by atoms with E-state index in [1.165, 1.54) is 6.26 Å². The molecule has 0 radical (unpaired) electrons. The molecule has 1 aliphatic heterocycles. The second kappa shape index (κ2) is 5.53. The zero-order valence-electron chi connectivity index (χ0n) is 13.0. The summed E-state index contributed by atoms with van der Waals surface area (Å²) < 4.78 is 6.91. The van der Waals surface area contributed by atoms with Gasteiger partial charge in [-0.25, -0.2) is 4.98 Å². The molecular formula is C17H18N4O2. The molecule has 0 unspecified atom stereocenters. The van der Waals surface area contributed by atoms with Crippen molar-refractivity contribution in [1.29, 1.82) is 0 Å². The number of aromatic nitrogens is 3. The van der Waals surface area contributed by atoms with Crippen molar-refractivity contribution >= 4 is 16.9 Å². The van der Waals surface area contributed by atoms with Crippen molar-refractivity contribution in [2.24, 2.45) is 7.05 Å². The molecule has 1 fully saturated rings. The first-order valence-corrected chi connectivity index (χ1v) is 7.84. The van der Waals surface area contributed by atoms with Crippen molar-refractivity contribution in [1.82, 2.24) is 19.6 Å². The van der Waals surface area contributed by atoms with E-state index in [0.717, 1.165) is 36.2 Å². The third-order valence-corrected chi connectivity index (χ3v) is 4.52. The van der Waals surface area contributed by atoms with Crippen LogP contribution in [0.2, 0.25) is 0 Å². The van der Waals surface area contributed by atoms with Crippen LogP contribution in [-0.2, 0) is 18.3 Å². The predicted molar refractivity (Wildman–Crippen MR) is 84.6 cm³/mol. The molecule has 3 aromatic rings. The van der Waals surface area contributed by atoms with Crippen molar-refractivity contribution in [3.05, 3.63) is 48.1 Å². The highest BCUT2D eigenvalue weighted by Crippen LogP contribution is 2.33. The lowest BCUT2D eigenvalue weighted by molar-refractivity contribution is -0.131. The van der Waals surface area contributed by atoms with E-state index in [1.807, 2.05) is 30.1 Å². The highest BCUT2D eigenvalue weighted by atomic mass is 16.5. The van der Waals surface area contributed by atoms with Crippen molar-refractivity contribution < 1.29 is 9.32 Å². The summed E-state index contributed by atoms with van der Waals surface area (Å²) in [6.45, 7) is 0.768. The molecule has 1 amide bonds. The van der Waals surface area contributed by atoms with Crippen LogP contribution in [0.3, 0.4) is 0 Å². The molecule has 23 heavy (non-hydrogen) atoms. The molecule has 6 heteroatoms. The van der Waals surface area contributed by atoms with Crippen molar-refractivity contribution in [3.8, 4) is 0 Å². The lowest BCUT2D eigenvalue weighted by atomic mass is 10.2. The van der Waals surface area contributed by atoms with E-state index in [1.54, 1.807) is 6.07 Å². The summed E-state index contributed by atoms with van der Waals surface area (Å²) in [4.78, 5) is 19.3. The Morgan fingerprint density at radius 2 is 2.22 bits per heavy atom. The number of para-hydroxylation sites is 2. The number of likely N-dealkylation sites (tertiary alicyclic amines) is 1. The van der Waals surface area contributed by atoms with Crippen LogP contribution in [-0.4, -0.2) is 32.1 Å². The Balaban J connectivity index is 1.64. The maximum Gasteiger partial charge on any atom is 0.229 e. The van der Waals surface area contributed by atoms with Crippen LogP contribution in [0.1, 0.15) is 30.4 Å².